The third-order valence-corrected chi connectivity index (χ3v) is 4.76. The molecule has 18 heavy (non-hydrogen) atoms. The molecule has 0 aliphatic carbocycles. The molecular formula is C13H14N2S3. The summed E-state index contributed by atoms with van der Waals surface area (Å²) in [4.78, 5) is 0. The zero-order valence-corrected chi connectivity index (χ0v) is 12.3. The van der Waals surface area contributed by atoms with E-state index in [1.807, 2.05) is 6.08 Å². The first-order valence-electron chi connectivity index (χ1n) is 5.67. The van der Waals surface area contributed by atoms with Gasteiger partial charge < -0.3 is 0 Å². The highest BCUT2D eigenvalue weighted by molar-refractivity contribution is 8.01. The topological polar surface area (TPSA) is 28.7 Å². The van der Waals surface area contributed by atoms with Crippen LogP contribution in [-0.2, 0) is 6.42 Å². The summed E-state index contributed by atoms with van der Waals surface area (Å²) >= 11 is 8.29. The van der Waals surface area contributed by atoms with Crippen LogP contribution in [0.1, 0.15) is 17.5 Å². The van der Waals surface area contributed by atoms with Crippen molar-refractivity contribution in [2.45, 2.75) is 17.2 Å². The molecule has 0 aliphatic heterocycles. The number of aryl methyl sites for hydroxylation is 1. The van der Waals surface area contributed by atoms with Crippen LogP contribution in [0.5, 0.6) is 0 Å². The number of rotatable bonds is 6. The first-order chi connectivity index (χ1) is 8.78. The Hall–Kier alpha value is -0.910. The van der Waals surface area contributed by atoms with Gasteiger partial charge in [-0.1, -0.05) is 60.0 Å². The van der Waals surface area contributed by atoms with Crippen molar-refractivity contribution in [3.63, 3.8) is 0 Å². The summed E-state index contributed by atoms with van der Waals surface area (Å²) in [5.74, 6) is 1.06. The van der Waals surface area contributed by atoms with E-state index < -0.39 is 0 Å². The Morgan fingerprint density at radius 1 is 1.50 bits per heavy atom. The number of aromatic amines is 1. The maximum Gasteiger partial charge on any atom is 0.177 e. The van der Waals surface area contributed by atoms with E-state index >= 15 is 0 Å². The van der Waals surface area contributed by atoms with Gasteiger partial charge in [-0.2, -0.15) is 5.10 Å². The number of nitrogens with one attached hydrogen (secondary N) is 1. The van der Waals surface area contributed by atoms with Gasteiger partial charge in [0.1, 0.15) is 0 Å². The van der Waals surface area contributed by atoms with Crippen molar-refractivity contribution < 1.29 is 0 Å². The van der Waals surface area contributed by atoms with Crippen LogP contribution >= 0.6 is 35.3 Å². The Kier molecular flexibility index (Phi) is 5.16. The molecule has 2 aromatic rings. The smallest absolute Gasteiger partial charge is 0.177 e. The largest absolute Gasteiger partial charge is 0.257 e. The minimum atomic E-state index is 0.746. The Balaban J connectivity index is 1.78. The molecule has 0 aliphatic rings. The van der Waals surface area contributed by atoms with Crippen molar-refractivity contribution in [1.82, 2.24) is 10.2 Å². The van der Waals surface area contributed by atoms with E-state index in [1.54, 1.807) is 11.8 Å². The predicted octanol–water partition coefficient (Wildman–Crippen LogP) is 4.57. The quantitative estimate of drug-likeness (QED) is 0.481. The fourth-order valence-electron chi connectivity index (χ4n) is 1.59. The minimum Gasteiger partial charge on any atom is -0.257 e. The lowest BCUT2D eigenvalue weighted by molar-refractivity contribution is 0.928. The molecule has 94 valence electrons. The van der Waals surface area contributed by atoms with Gasteiger partial charge in [0.2, 0.25) is 0 Å². The van der Waals surface area contributed by atoms with Gasteiger partial charge in [0.05, 0.1) is 0 Å². The molecule has 2 nitrogen and oxygen atoms in total. The fourth-order valence-corrected chi connectivity index (χ4v) is 3.68. The fraction of sp³-hybridized carbons (Fsp3) is 0.231. The number of H-pyrrole nitrogens is 1. The molecule has 1 N–H and O–H groups in total. The molecule has 1 heterocycles. The van der Waals surface area contributed by atoms with Gasteiger partial charge >= 0.3 is 0 Å². The van der Waals surface area contributed by atoms with Crippen LogP contribution in [0.3, 0.4) is 0 Å². The molecule has 0 spiro atoms. The molecule has 0 radical (unpaired) electrons. The van der Waals surface area contributed by atoms with Gasteiger partial charge in [-0.25, -0.2) is 0 Å². The van der Waals surface area contributed by atoms with Gasteiger partial charge in [0, 0.05) is 5.75 Å². The summed E-state index contributed by atoms with van der Waals surface area (Å²) in [5.41, 5.74) is 2.55. The Morgan fingerprint density at radius 3 is 3.11 bits per heavy atom. The molecule has 0 fully saturated rings. The lowest BCUT2D eigenvalue weighted by atomic mass is 10.1. The van der Waals surface area contributed by atoms with E-state index in [-0.39, 0.29) is 0 Å². The van der Waals surface area contributed by atoms with Crippen molar-refractivity contribution in [2.24, 2.45) is 0 Å². The number of hydrogen-bond donors (Lipinski definition) is 1. The van der Waals surface area contributed by atoms with E-state index in [2.05, 4.69) is 41.0 Å². The van der Waals surface area contributed by atoms with Crippen molar-refractivity contribution in [2.75, 3.05) is 5.75 Å². The number of nitrogens with zero attached hydrogens (tertiary/aromatic N) is 1. The van der Waals surface area contributed by atoms with E-state index in [0.29, 0.717) is 0 Å². The summed E-state index contributed by atoms with van der Waals surface area (Å²) in [6.45, 7) is 3.79. The molecule has 2 rings (SSSR count). The van der Waals surface area contributed by atoms with Gasteiger partial charge in [0.15, 0.2) is 8.29 Å². The zero-order valence-electron chi connectivity index (χ0n) is 9.89. The van der Waals surface area contributed by atoms with Crippen LogP contribution in [0.2, 0.25) is 0 Å². The summed E-state index contributed by atoms with van der Waals surface area (Å²) in [7, 11) is 0. The average Bonchev–Trinajstić information content (AvgIpc) is 2.81. The molecule has 5 heteroatoms. The number of aromatic nitrogens is 2. The molecule has 0 unspecified atom stereocenters. The lowest BCUT2D eigenvalue weighted by Gasteiger charge is -2.02. The standard InChI is InChI=1S/C13H14N2S3/c1-2-10-5-3-6-11(9-10)7-4-8-17-13-15-14-12(16)18-13/h2-3,5-6,9H,1,4,7-8H2,(H,14,16). The van der Waals surface area contributed by atoms with Crippen molar-refractivity contribution in [3.8, 4) is 0 Å². The van der Waals surface area contributed by atoms with E-state index in [1.165, 1.54) is 22.5 Å². The average molecular weight is 294 g/mol. The second-order valence-electron chi connectivity index (χ2n) is 3.78. The summed E-state index contributed by atoms with van der Waals surface area (Å²) in [5, 5.41) is 6.92. The summed E-state index contributed by atoms with van der Waals surface area (Å²) in [6, 6.07) is 8.51. The molecule has 0 amide bonds. The van der Waals surface area contributed by atoms with E-state index in [9.17, 15) is 0 Å². The molecule has 0 atom stereocenters. The molecule has 0 saturated heterocycles. The van der Waals surface area contributed by atoms with Crippen LogP contribution in [0.4, 0.5) is 0 Å². The highest BCUT2D eigenvalue weighted by atomic mass is 32.2. The summed E-state index contributed by atoms with van der Waals surface area (Å²) in [6.07, 6.45) is 4.11. The maximum absolute atomic E-state index is 4.99. The van der Waals surface area contributed by atoms with Crippen molar-refractivity contribution in [1.29, 1.82) is 0 Å². The number of thioether (sulfide) groups is 1. The first kappa shape index (κ1) is 13.5. The zero-order chi connectivity index (χ0) is 12.8. The molecular weight excluding hydrogens is 280 g/mol. The van der Waals surface area contributed by atoms with Crippen LogP contribution in [0.15, 0.2) is 35.2 Å². The van der Waals surface area contributed by atoms with E-state index in [4.69, 9.17) is 12.2 Å². The van der Waals surface area contributed by atoms with Crippen molar-refractivity contribution >= 4 is 41.4 Å². The number of hydrogen-bond acceptors (Lipinski definition) is 4. The molecule has 1 aromatic carbocycles. The monoisotopic (exact) mass is 294 g/mol. The Labute approximate surface area is 120 Å². The predicted molar refractivity (Wildman–Crippen MR) is 82.9 cm³/mol. The molecule has 0 bridgehead atoms. The minimum absolute atomic E-state index is 0.746. The Morgan fingerprint density at radius 2 is 2.39 bits per heavy atom. The van der Waals surface area contributed by atoms with Crippen LogP contribution < -0.4 is 0 Å². The molecule has 1 aromatic heterocycles. The third-order valence-electron chi connectivity index (χ3n) is 2.44. The van der Waals surface area contributed by atoms with Crippen molar-refractivity contribution in [3.05, 3.63) is 45.9 Å². The normalized spacial score (nSPS) is 10.4. The van der Waals surface area contributed by atoms with E-state index in [0.717, 1.165) is 26.9 Å². The lowest BCUT2D eigenvalue weighted by Crippen LogP contribution is -1.88. The van der Waals surface area contributed by atoms with Gasteiger partial charge in [-0.15, -0.1) is 0 Å². The maximum atomic E-state index is 4.99. The second kappa shape index (κ2) is 6.87. The first-order valence-corrected chi connectivity index (χ1v) is 7.88. The highest BCUT2D eigenvalue weighted by Gasteiger charge is 1.99. The third kappa shape index (κ3) is 4.08. The number of benzene rings is 1. The van der Waals surface area contributed by atoms with Crippen LogP contribution in [0.25, 0.3) is 6.08 Å². The van der Waals surface area contributed by atoms with Gasteiger partial charge in [-0.3, -0.25) is 5.10 Å². The van der Waals surface area contributed by atoms with Crippen LogP contribution in [0, 0.1) is 3.95 Å². The SMILES string of the molecule is C=Cc1cccc(CCCSc2n[nH]c(=S)s2)c1. The van der Waals surface area contributed by atoms with Gasteiger partial charge in [0.25, 0.3) is 0 Å². The Bertz CT molecular complexity index is 571. The molecule has 0 saturated carbocycles. The van der Waals surface area contributed by atoms with Crippen LogP contribution in [-0.4, -0.2) is 16.0 Å². The summed E-state index contributed by atoms with van der Waals surface area (Å²) < 4.78 is 1.77. The second-order valence-corrected chi connectivity index (χ2v) is 6.79. The van der Waals surface area contributed by atoms with Gasteiger partial charge in [-0.05, 0) is 36.2 Å². The highest BCUT2D eigenvalue weighted by Crippen LogP contribution is 2.21.